The molecule has 3 saturated heterocycles. The van der Waals surface area contributed by atoms with Gasteiger partial charge in [-0.25, -0.2) is 4.79 Å². The first kappa shape index (κ1) is 92.1. The Morgan fingerprint density at radius 1 is 0.462 bits per heavy atom. The Bertz CT molecular complexity index is 4260. The minimum Gasteiger partial charge on any atom is -0.490 e. The number of aliphatic hydroxyl groups is 5. The van der Waals surface area contributed by atoms with Crippen LogP contribution in [0.2, 0.25) is 93.6 Å². The number of halogens is 4. The average Bonchev–Trinajstić information content (AvgIpc) is 1.72. The van der Waals surface area contributed by atoms with Crippen LogP contribution in [0.1, 0.15) is 143 Å². The number of aliphatic hydroxyl groups excluding tert-OH is 4. The van der Waals surface area contributed by atoms with Crippen LogP contribution in [0.4, 0.5) is 0 Å². The molecule has 6 aliphatic carbocycles. The highest BCUT2D eigenvalue weighted by atomic mass is 79.9. The quantitative estimate of drug-likeness (QED) is 0.0252. The summed E-state index contributed by atoms with van der Waals surface area (Å²) < 4.78 is 68.9. The topological polar surface area (TPSA) is 220 Å². The smallest absolute Gasteiger partial charge is 0.337 e. The number of fused-ring (bicyclic) bond motifs is 3. The van der Waals surface area contributed by atoms with Crippen LogP contribution >= 0.6 is 50.7 Å². The number of cyclic esters (lactones) is 1. The molecule has 0 aromatic heterocycles. The fourth-order valence-corrected chi connectivity index (χ4v) is 23.5. The molecular weight excluding hydrogens is 1680 g/mol. The maximum Gasteiger partial charge on any atom is 0.337 e. The van der Waals surface area contributed by atoms with E-state index in [0.717, 1.165) is 122 Å². The van der Waals surface area contributed by atoms with E-state index >= 15 is 0 Å². The minimum absolute atomic E-state index is 0.0645. The molecule has 5 unspecified atom stereocenters. The summed E-state index contributed by atoms with van der Waals surface area (Å²) in [6.45, 7) is 33.5. The van der Waals surface area contributed by atoms with Crippen LogP contribution in [0, 0.1) is 47.3 Å². The van der Waals surface area contributed by atoms with Crippen molar-refractivity contribution in [2.75, 3.05) is 13.7 Å². The Kier molecular flexibility index (Phi) is 30.1. The summed E-state index contributed by atoms with van der Waals surface area (Å²) in [7, 11) is -6.30. The van der Waals surface area contributed by atoms with Crippen molar-refractivity contribution < 1.29 is 81.2 Å². The molecule has 9 fully saturated rings. The van der Waals surface area contributed by atoms with E-state index in [2.05, 4.69) is 170 Å². The fraction of sp³-hybridized carbons (Fsp3) is 0.598. The number of esters is 1. The standard InChI is InChI=1S/C33H49ClO5Si2.C26H31ClO7.C19H18BrClO.C14H30O4Si2/c1-9-30-21(2)31(38-40(3,4)5)32(39-41(6,7)8)33(35,37-30)26-12-15-29(34)25(18-26)16-22-10-13-27(14-11-22)36-28-19-23-17-24(23)20-28;1-32-26(25(31)24(30)23(29)22(13-28)34-26)18-4-7-21(27)17(10-18)8-14-2-5-19(6-3-14)33-20-11-15-9-16(15)12-20;20-16-3-6-19(21)15(9-16)7-12-1-4-17(5-2-12)22-18-10-13-8-14(13)11-18;1-9-11-10(2)12(17-19(3,4)5)13(14(15)16-11)18-20(6,7)8/h10-15,18,21,23-24,28,30-32,35H,9,16-17,19-20H2,1-8H3;2-7,10,15-16,20,22-25,28-31H,8-9,11-13H2,1H3;1-6,9,13-14,18H,7-8,10-11H2;10-13H,9H2,1-8H3/t21-,23-,24+,28?,30-,31+,32-,33?;15-,16+,20?,22-,23-,24+,25-,26?;13-,14+,18?;10-,11-,12+,13-/m11.1/s1. The van der Waals surface area contributed by atoms with E-state index in [4.69, 9.17) is 85.7 Å². The molecule has 0 spiro atoms. The predicted octanol–water partition coefficient (Wildman–Crippen LogP) is 19.8. The molecule has 117 heavy (non-hydrogen) atoms. The molecule has 0 amide bonds. The SMILES string of the molecule is CC[C@H]1OC(=O)[C@H](O[Si](C)(C)C)[C@@H](O[Si](C)(C)C)[C@@H]1C.CC[C@H]1OC(O)(c2ccc(Cl)c(Cc3ccc(OC4C[C@@H]5C[C@@H]5C4)cc3)c2)[C@H](O[Si](C)(C)C)[C@@H](O[Si](C)(C)C)[C@@H]1C.COC1(c2ccc(Cl)c(Cc3ccc(OC4C[C@@H]5C[C@@H]5C4)cc3)c2)O[C@H](CO)[C@@H](O)[C@H](O)[C@H]1O.Clc1ccc(Br)cc1Cc1ccc(OC2C[C@@H]3C[C@@H]3C2)cc1. The van der Waals surface area contributed by atoms with Gasteiger partial charge in [0.15, 0.2) is 39.4 Å². The van der Waals surface area contributed by atoms with Crippen molar-refractivity contribution in [3.63, 3.8) is 0 Å². The molecular formula is C92H128BrCl3O17Si4. The van der Waals surface area contributed by atoms with Crippen LogP contribution in [0.5, 0.6) is 17.2 Å². The van der Waals surface area contributed by atoms with Crippen LogP contribution in [0.15, 0.2) is 132 Å². The second-order valence-corrected chi connectivity index (χ2v) is 58.4. The number of hydrogen-bond acceptors (Lipinski definition) is 17. The highest BCUT2D eigenvalue weighted by Gasteiger charge is 2.58. The summed E-state index contributed by atoms with van der Waals surface area (Å²) in [5.74, 6) is 4.85. The molecule has 0 radical (unpaired) electrons. The van der Waals surface area contributed by atoms with Gasteiger partial charge in [-0.05, 0) is 316 Å². The molecule has 25 heteroatoms. The molecule has 6 aromatic rings. The van der Waals surface area contributed by atoms with Crippen molar-refractivity contribution in [1.29, 1.82) is 0 Å². The van der Waals surface area contributed by atoms with Crippen LogP contribution in [0.3, 0.4) is 0 Å². The average molecular weight is 1800 g/mol. The predicted molar refractivity (Wildman–Crippen MR) is 475 cm³/mol. The third-order valence-corrected chi connectivity index (χ3v) is 29.9. The Hall–Kier alpha value is -4.07. The number of carbonyl (C=O) groups is 1. The van der Waals surface area contributed by atoms with E-state index < -0.39 is 88.1 Å². The number of ether oxygens (including phenoxy) is 7. The minimum atomic E-state index is -2.09. The van der Waals surface area contributed by atoms with Crippen molar-refractivity contribution in [3.05, 3.63) is 191 Å². The zero-order valence-corrected chi connectivity index (χ0v) is 79.4. The van der Waals surface area contributed by atoms with Gasteiger partial charge in [-0.3, -0.25) is 0 Å². The molecule has 0 bridgehead atoms. The lowest BCUT2D eigenvalue weighted by Crippen LogP contribution is -2.64. The van der Waals surface area contributed by atoms with Crippen molar-refractivity contribution >= 4 is 90.0 Å². The lowest BCUT2D eigenvalue weighted by Gasteiger charge is -2.53. The number of methoxy groups -OCH3 is 1. The first-order valence-electron chi connectivity index (χ1n) is 42.6. The zero-order chi connectivity index (χ0) is 84.6. The zero-order valence-electron chi connectivity index (χ0n) is 71.5. The molecule has 6 aromatic carbocycles. The van der Waals surface area contributed by atoms with E-state index in [0.29, 0.717) is 52.3 Å². The van der Waals surface area contributed by atoms with Gasteiger partial charge in [-0.2, -0.15) is 0 Å². The Labute approximate surface area is 722 Å². The maximum absolute atomic E-state index is 12.5. The van der Waals surface area contributed by atoms with Crippen LogP contribution in [0.25, 0.3) is 0 Å². The highest BCUT2D eigenvalue weighted by molar-refractivity contribution is 9.10. The fourth-order valence-electron chi connectivity index (χ4n) is 18.1. The largest absolute Gasteiger partial charge is 0.490 e. The lowest BCUT2D eigenvalue weighted by atomic mass is 9.82. The summed E-state index contributed by atoms with van der Waals surface area (Å²) in [6, 6.07) is 41.6. The van der Waals surface area contributed by atoms with Gasteiger partial charge in [0.2, 0.25) is 11.6 Å². The van der Waals surface area contributed by atoms with Gasteiger partial charge >= 0.3 is 5.97 Å². The highest BCUT2D eigenvalue weighted by Crippen LogP contribution is 2.55. The Balaban J connectivity index is 0.000000150. The molecule has 642 valence electrons. The Morgan fingerprint density at radius 2 is 0.838 bits per heavy atom. The van der Waals surface area contributed by atoms with Crippen molar-refractivity contribution in [1.82, 2.24) is 0 Å². The second kappa shape index (κ2) is 38.2. The van der Waals surface area contributed by atoms with Crippen molar-refractivity contribution in [3.8, 4) is 17.2 Å². The molecule has 3 heterocycles. The van der Waals surface area contributed by atoms with Gasteiger partial charge in [0.25, 0.3) is 0 Å². The first-order chi connectivity index (χ1) is 55.1. The van der Waals surface area contributed by atoms with Crippen LogP contribution in [-0.4, -0.2) is 158 Å². The normalized spacial score (nSPS) is 32.8. The summed E-state index contributed by atoms with van der Waals surface area (Å²) in [5, 5.41) is 55.3. The number of carbonyl (C=O) groups excluding carboxylic acids is 1. The van der Waals surface area contributed by atoms with Gasteiger partial charge in [0.05, 0.1) is 43.2 Å². The molecule has 6 saturated carbocycles. The number of rotatable bonds is 26. The van der Waals surface area contributed by atoms with Crippen molar-refractivity contribution in [2.45, 2.75) is 287 Å². The molecule has 3 aliphatic heterocycles. The van der Waals surface area contributed by atoms with Gasteiger partial charge in [0.1, 0.15) is 53.9 Å². The Morgan fingerprint density at radius 3 is 1.23 bits per heavy atom. The van der Waals surface area contributed by atoms with E-state index in [1.807, 2.05) is 61.5 Å². The monoisotopic (exact) mass is 1800 g/mol. The summed E-state index contributed by atoms with van der Waals surface area (Å²) in [4.78, 5) is 12.3. The van der Waals surface area contributed by atoms with E-state index in [-0.39, 0.29) is 42.2 Å². The van der Waals surface area contributed by atoms with E-state index in [1.165, 1.54) is 57.6 Å². The lowest BCUT2D eigenvalue weighted by molar-refractivity contribution is -0.366. The summed E-state index contributed by atoms with van der Waals surface area (Å²) in [6.07, 6.45) is 8.49. The number of benzene rings is 6. The van der Waals surface area contributed by atoms with Crippen LogP contribution < -0.4 is 14.2 Å². The molecule has 17 nitrogen and oxygen atoms in total. The third kappa shape index (κ3) is 23.9. The summed E-state index contributed by atoms with van der Waals surface area (Å²) >= 11 is 23.0. The second-order valence-electron chi connectivity index (χ2n) is 38.4. The van der Waals surface area contributed by atoms with E-state index in [1.54, 1.807) is 18.2 Å². The first-order valence-corrected chi connectivity index (χ1v) is 58.2. The van der Waals surface area contributed by atoms with Gasteiger partial charge in [-0.15, -0.1) is 0 Å². The van der Waals surface area contributed by atoms with Gasteiger partial charge in [-0.1, -0.05) is 127 Å². The van der Waals surface area contributed by atoms with Gasteiger partial charge < -0.3 is 76.4 Å². The number of hydrogen-bond donors (Lipinski definition) is 5. The molecule has 5 N–H and O–H groups in total. The van der Waals surface area contributed by atoms with Gasteiger partial charge in [0, 0.05) is 49.6 Å². The molecule has 23 atom stereocenters. The van der Waals surface area contributed by atoms with Crippen LogP contribution in [-0.2, 0) is 72.3 Å². The van der Waals surface area contributed by atoms with E-state index in [9.17, 15) is 30.3 Å². The summed E-state index contributed by atoms with van der Waals surface area (Å²) in [5.41, 5.74) is 7.35. The maximum atomic E-state index is 12.5. The molecule has 9 aliphatic rings. The molecule has 15 rings (SSSR count). The van der Waals surface area contributed by atoms with Crippen molar-refractivity contribution in [2.24, 2.45) is 47.3 Å². The third-order valence-electron chi connectivity index (χ3n) is 24.4.